The average Bonchev–Trinajstić information content (AvgIpc) is 2.57. The molecule has 0 atom stereocenters. The molecule has 3 heteroatoms. The third-order valence-electron chi connectivity index (χ3n) is 3.48. The largest absolute Gasteiger partial charge is 0.463 e. The number of hydrogen-bond donors (Lipinski definition) is 0. The predicted molar refractivity (Wildman–Crippen MR) is 92.8 cm³/mol. The fraction of sp³-hybridized carbons (Fsp3) is 0.250. The highest BCUT2D eigenvalue weighted by Gasteiger charge is 2.14. The van der Waals surface area contributed by atoms with E-state index in [1.165, 1.54) is 11.1 Å². The molecule has 0 fully saturated rings. The molecule has 0 saturated heterocycles. The van der Waals surface area contributed by atoms with Crippen molar-refractivity contribution in [1.29, 1.82) is 0 Å². The Hall–Kier alpha value is -2.39. The van der Waals surface area contributed by atoms with E-state index in [2.05, 4.69) is 35.7 Å². The summed E-state index contributed by atoms with van der Waals surface area (Å²) < 4.78 is 5.04. The van der Waals surface area contributed by atoms with E-state index in [0.717, 1.165) is 13.1 Å². The molecule has 0 radical (unpaired) electrons. The van der Waals surface area contributed by atoms with Crippen LogP contribution in [0.5, 0.6) is 0 Å². The summed E-state index contributed by atoms with van der Waals surface area (Å²) in [5.41, 5.74) is 2.90. The van der Waals surface area contributed by atoms with Crippen LogP contribution < -0.4 is 0 Å². The molecule has 0 amide bonds. The summed E-state index contributed by atoms with van der Waals surface area (Å²) in [4.78, 5) is 14.0. The van der Waals surface area contributed by atoms with E-state index in [1.54, 1.807) is 6.92 Å². The van der Waals surface area contributed by atoms with Gasteiger partial charge in [-0.25, -0.2) is 4.79 Å². The Bertz CT molecular complexity index is 581. The van der Waals surface area contributed by atoms with Crippen LogP contribution in [-0.4, -0.2) is 24.0 Å². The van der Waals surface area contributed by atoms with Gasteiger partial charge in [0.2, 0.25) is 0 Å². The molecule has 0 aromatic heterocycles. The van der Waals surface area contributed by atoms with Gasteiger partial charge in [-0.1, -0.05) is 67.2 Å². The lowest BCUT2D eigenvalue weighted by atomic mass is 10.1. The highest BCUT2D eigenvalue weighted by atomic mass is 16.5. The fourth-order valence-electron chi connectivity index (χ4n) is 2.42. The molecule has 3 nitrogen and oxygen atoms in total. The van der Waals surface area contributed by atoms with Gasteiger partial charge in [0, 0.05) is 25.2 Å². The van der Waals surface area contributed by atoms with Gasteiger partial charge < -0.3 is 4.74 Å². The molecule has 0 heterocycles. The molecule has 23 heavy (non-hydrogen) atoms. The topological polar surface area (TPSA) is 29.5 Å². The van der Waals surface area contributed by atoms with Crippen LogP contribution in [-0.2, 0) is 22.6 Å². The van der Waals surface area contributed by atoms with Gasteiger partial charge in [-0.15, -0.1) is 0 Å². The Kier molecular flexibility index (Phi) is 6.57. The second-order valence-electron chi connectivity index (χ2n) is 5.44. The van der Waals surface area contributed by atoms with Crippen LogP contribution >= 0.6 is 0 Å². The Morgan fingerprint density at radius 3 is 1.87 bits per heavy atom. The van der Waals surface area contributed by atoms with Gasteiger partial charge >= 0.3 is 5.97 Å². The number of ether oxygens (including phenoxy) is 1. The number of rotatable bonds is 8. The Balaban J connectivity index is 2.07. The molecular formula is C20H23NO2. The Morgan fingerprint density at radius 1 is 0.957 bits per heavy atom. The van der Waals surface area contributed by atoms with Gasteiger partial charge in [-0.2, -0.15) is 0 Å². The number of benzene rings is 2. The number of hydrogen-bond acceptors (Lipinski definition) is 3. The molecule has 0 saturated carbocycles. The lowest BCUT2D eigenvalue weighted by Crippen LogP contribution is -2.27. The summed E-state index contributed by atoms with van der Waals surface area (Å²) in [6.07, 6.45) is 0. The van der Waals surface area contributed by atoms with E-state index in [1.807, 2.05) is 36.4 Å². The summed E-state index contributed by atoms with van der Waals surface area (Å²) in [6, 6.07) is 20.5. The molecule has 2 rings (SSSR count). The van der Waals surface area contributed by atoms with Crippen LogP contribution in [0.25, 0.3) is 0 Å². The smallest absolute Gasteiger partial charge is 0.334 e. The standard InChI is InChI=1S/C20H23NO2/c1-3-23-20(22)17(2)14-21(15-18-10-6-4-7-11-18)16-19-12-8-5-9-13-19/h4-13H,2-3,14-16H2,1H3. The summed E-state index contributed by atoms with van der Waals surface area (Å²) in [6.45, 7) is 8.06. The Morgan fingerprint density at radius 2 is 1.43 bits per heavy atom. The third kappa shape index (κ3) is 5.72. The van der Waals surface area contributed by atoms with Crippen molar-refractivity contribution in [3.05, 3.63) is 83.9 Å². The van der Waals surface area contributed by atoms with E-state index in [-0.39, 0.29) is 5.97 Å². The molecule has 0 spiro atoms. The van der Waals surface area contributed by atoms with Crippen molar-refractivity contribution in [2.45, 2.75) is 20.0 Å². The monoisotopic (exact) mass is 309 g/mol. The van der Waals surface area contributed by atoms with Crippen LogP contribution in [0, 0.1) is 0 Å². The van der Waals surface area contributed by atoms with Crippen LogP contribution in [0.4, 0.5) is 0 Å². The van der Waals surface area contributed by atoms with Gasteiger partial charge in [-0.05, 0) is 18.1 Å². The zero-order valence-electron chi connectivity index (χ0n) is 13.6. The van der Waals surface area contributed by atoms with Crippen molar-refractivity contribution in [3.8, 4) is 0 Å². The first-order valence-electron chi connectivity index (χ1n) is 7.84. The second kappa shape index (κ2) is 8.91. The first-order chi connectivity index (χ1) is 11.2. The minimum absolute atomic E-state index is 0.321. The number of carbonyl (C=O) groups excluding carboxylic acids is 1. The lowest BCUT2D eigenvalue weighted by molar-refractivity contribution is -0.138. The maximum absolute atomic E-state index is 11.8. The minimum Gasteiger partial charge on any atom is -0.463 e. The number of carbonyl (C=O) groups is 1. The molecule has 0 unspecified atom stereocenters. The van der Waals surface area contributed by atoms with Crippen molar-refractivity contribution in [2.24, 2.45) is 0 Å². The second-order valence-corrected chi connectivity index (χ2v) is 5.44. The van der Waals surface area contributed by atoms with Gasteiger partial charge in [0.1, 0.15) is 0 Å². The van der Waals surface area contributed by atoms with Crippen LogP contribution in [0.1, 0.15) is 18.1 Å². The van der Waals surface area contributed by atoms with E-state index in [4.69, 9.17) is 4.74 Å². The molecule has 2 aromatic rings. The number of nitrogens with zero attached hydrogens (tertiary/aromatic N) is 1. The Labute approximate surface area is 138 Å². The van der Waals surface area contributed by atoms with Gasteiger partial charge in [0.25, 0.3) is 0 Å². The highest BCUT2D eigenvalue weighted by molar-refractivity contribution is 5.88. The number of esters is 1. The predicted octanol–water partition coefficient (Wildman–Crippen LogP) is 3.81. The zero-order chi connectivity index (χ0) is 16.5. The first kappa shape index (κ1) is 17.0. The third-order valence-corrected chi connectivity index (χ3v) is 3.48. The summed E-state index contributed by atoms with van der Waals surface area (Å²) in [5, 5.41) is 0. The molecule has 2 aromatic carbocycles. The van der Waals surface area contributed by atoms with Crippen molar-refractivity contribution in [1.82, 2.24) is 4.90 Å². The van der Waals surface area contributed by atoms with Gasteiger partial charge in [0.15, 0.2) is 0 Å². The van der Waals surface area contributed by atoms with E-state index < -0.39 is 0 Å². The van der Waals surface area contributed by atoms with E-state index >= 15 is 0 Å². The summed E-state index contributed by atoms with van der Waals surface area (Å²) in [7, 11) is 0. The molecular weight excluding hydrogens is 286 g/mol. The van der Waals surface area contributed by atoms with Crippen LogP contribution in [0.2, 0.25) is 0 Å². The summed E-state index contributed by atoms with van der Waals surface area (Å²) in [5.74, 6) is -0.321. The molecule has 0 aliphatic carbocycles. The quantitative estimate of drug-likeness (QED) is 0.548. The molecule has 0 aliphatic rings. The van der Waals surface area contributed by atoms with Gasteiger partial charge in [-0.3, -0.25) is 4.90 Å². The van der Waals surface area contributed by atoms with Crippen molar-refractivity contribution in [3.63, 3.8) is 0 Å². The normalized spacial score (nSPS) is 10.5. The molecule has 0 aliphatic heterocycles. The van der Waals surface area contributed by atoms with Crippen LogP contribution in [0.3, 0.4) is 0 Å². The molecule has 120 valence electrons. The fourth-order valence-corrected chi connectivity index (χ4v) is 2.42. The lowest BCUT2D eigenvalue weighted by Gasteiger charge is -2.23. The van der Waals surface area contributed by atoms with Crippen molar-refractivity contribution >= 4 is 5.97 Å². The average molecular weight is 309 g/mol. The SMILES string of the molecule is C=C(CN(Cc1ccccc1)Cc1ccccc1)C(=O)OCC. The minimum atomic E-state index is -0.321. The molecule has 0 bridgehead atoms. The van der Waals surface area contributed by atoms with E-state index in [0.29, 0.717) is 18.7 Å². The maximum atomic E-state index is 11.8. The highest BCUT2D eigenvalue weighted by Crippen LogP contribution is 2.12. The van der Waals surface area contributed by atoms with Gasteiger partial charge in [0.05, 0.1) is 6.61 Å². The molecule has 0 N–H and O–H groups in total. The van der Waals surface area contributed by atoms with Crippen molar-refractivity contribution < 1.29 is 9.53 Å². The zero-order valence-corrected chi connectivity index (χ0v) is 13.6. The summed E-state index contributed by atoms with van der Waals surface area (Å²) >= 11 is 0. The van der Waals surface area contributed by atoms with E-state index in [9.17, 15) is 4.79 Å². The van der Waals surface area contributed by atoms with Crippen LogP contribution in [0.15, 0.2) is 72.8 Å². The maximum Gasteiger partial charge on any atom is 0.334 e. The first-order valence-corrected chi connectivity index (χ1v) is 7.84. The van der Waals surface area contributed by atoms with Crippen molar-refractivity contribution in [2.75, 3.05) is 13.2 Å².